The standard InChI is InChI=1S/C20H22O3/c1-3-22-14-20(19(21)23-4-2)13-7-9-16-12-11-15-8-5-6-10-17(15)18(16)20/h5-12H,3-4,13-14H2,1-2H3. The van der Waals surface area contributed by atoms with Gasteiger partial charge in [-0.2, -0.15) is 0 Å². The molecule has 120 valence electrons. The topological polar surface area (TPSA) is 35.5 Å². The van der Waals surface area contributed by atoms with E-state index in [0.717, 1.165) is 21.9 Å². The average molecular weight is 310 g/mol. The Labute approximate surface area is 136 Å². The van der Waals surface area contributed by atoms with Gasteiger partial charge < -0.3 is 9.47 Å². The van der Waals surface area contributed by atoms with Gasteiger partial charge in [0.05, 0.1) is 13.2 Å². The maximum atomic E-state index is 12.9. The van der Waals surface area contributed by atoms with Gasteiger partial charge in [0.2, 0.25) is 0 Å². The summed E-state index contributed by atoms with van der Waals surface area (Å²) in [5, 5.41) is 2.23. The van der Waals surface area contributed by atoms with E-state index in [1.807, 2.05) is 32.1 Å². The van der Waals surface area contributed by atoms with Crippen molar-refractivity contribution in [2.45, 2.75) is 25.7 Å². The summed E-state index contributed by atoms with van der Waals surface area (Å²) < 4.78 is 11.1. The van der Waals surface area contributed by atoms with Gasteiger partial charge in [0.25, 0.3) is 0 Å². The Bertz CT molecular complexity index is 748. The Balaban J connectivity index is 2.25. The number of carbonyl (C=O) groups is 1. The third-order valence-corrected chi connectivity index (χ3v) is 4.42. The lowest BCUT2D eigenvalue weighted by atomic mass is 9.71. The molecule has 3 rings (SSSR count). The molecule has 0 heterocycles. The monoisotopic (exact) mass is 310 g/mol. The molecule has 0 saturated heterocycles. The number of hydrogen-bond acceptors (Lipinski definition) is 3. The predicted octanol–water partition coefficient (Wildman–Crippen LogP) is 4.09. The van der Waals surface area contributed by atoms with Crippen LogP contribution in [0.25, 0.3) is 16.8 Å². The second-order valence-electron chi connectivity index (χ2n) is 5.80. The normalized spacial score (nSPS) is 19.6. The molecule has 0 saturated carbocycles. The average Bonchev–Trinajstić information content (AvgIpc) is 2.59. The number of benzene rings is 2. The number of hydrogen-bond donors (Lipinski definition) is 0. The van der Waals surface area contributed by atoms with Gasteiger partial charge in [-0.1, -0.05) is 48.6 Å². The van der Waals surface area contributed by atoms with Crippen molar-refractivity contribution in [1.82, 2.24) is 0 Å². The molecule has 0 aliphatic heterocycles. The van der Waals surface area contributed by atoms with Crippen LogP contribution >= 0.6 is 0 Å². The van der Waals surface area contributed by atoms with Crippen molar-refractivity contribution >= 4 is 22.8 Å². The van der Waals surface area contributed by atoms with Gasteiger partial charge in [-0.3, -0.25) is 4.79 Å². The maximum Gasteiger partial charge on any atom is 0.319 e. The zero-order valence-corrected chi connectivity index (χ0v) is 13.7. The van der Waals surface area contributed by atoms with Gasteiger partial charge in [-0.15, -0.1) is 0 Å². The first-order valence-electron chi connectivity index (χ1n) is 8.16. The Morgan fingerprint density at radius 2 is 1.96 bits per heavy atom. The second-order valence-corrected chi connectivity index (χ2v) is 5.80. The minimum atomic E-state index is -0.767. The van der Waals surface area contributed by atoms with Gasteiger partial charge >= 0.3 is 5.97 Å². The van der Waals surface area contributed by atoms with Crippen molar-refractivity contribution in [2.75, 3.05) is 19.8 Å². The smallest absolute Gasteiger partial charge is 0.319 e. The molecular formula is C20H22O3. The molecule has 0 amide bonds. The highest BCUT2D eigenvalue weighted by atomic mass is 16.5. The van der Waals surface area contributed by atoms with Crippen molar-refractivity contribution in [1.29, 1.82) is 0 Å². The summed E-state index contributed by atoms with van der Waals surface area (Å²) in [6.45, 7) is 5.08. The zero-order valence-electron chi connectivity index (χ0n) is 13.7. The highest BCUT2D eigenvalue weighted by Crippen LogP contribution is 2.41. The number of esters is 1. The van der Waals surface area contributed by atoms with Crippen molar-refractivity contribution in [3.8, 4) is 0 Å². The van der Waals surface area contributed by atoms with Crippen LogP contribution in [0.15, 0.2) is 42.5 Å². The molecule has 3 nitrogen and oxygen atoms in total. The van der Waals surface area contributed by atoms with Crippen LogP contribution in [-0.4, -0.2) is 25.8 Å². The van der Waals surface area contributed by atoms with Gasteiger partial charge in [0, 0.05) is 6.61 Å². The van der Waals surface area contributed by atoms with Crippen LogP contribution in [0.4, 0.5) is 0 Å². The Hall–Kier alpha value is -2.13. The highest BCUT2D eigenvalue weighted by Gasteiger charge is 2.44. The lowest BCUT2D eigenvalue weighted by Gasteiger charge is -2.35. The lowest BCUT2D eigenvalue weighted by molar-refractivity contribution is -0.152. The first-order chi connectivity index (χ1) is 11.2. The van der Waals surface area contributed by atoms with E-state index in [-0.39, 0.29) is 5.97 Å². The molecule has 0 fully saturated rings. The Kier molecular flexibility index (Phi) is 4.49. The van der Waals surface area contributed by atoms with E-state index in [1.54, 1.807) is 0 Å². The molecule has 0 bridgehead atoms. The molecule has 3 heteroatoms. The number of allylic oxidation sites excluding steroid dienone is 1. The second kappa shape index (κ2) is 6.55. The van der Waals surface area contributed by atoms with Crippen LogP contribution in [0.5, 0.6) is 0 Å². The molecule has 23 heavy (non-hydrogen) atoms. The van der Waals surface area contributed by atoms with E-state index < -0.39 is 5.41 Å². The van der Waals surface area contributed by atoms with E-state index in [9.17, 15) is 4.79 Å². The molecule has 1 aliphatic rings. The summed E-state index contributed by atoms with van der Waals surface area (Å²) in [5.41, 5.74) is 1.34. The highest BCUT2D eigenvalue weighted by molar-refractivity contribution is 5.97. The molecule has 1 atom stereocenters. The first kappa shape index (κ1) is 15.8. The summed E-state index contributed by atoms with van der Waals surface area (Å²) >= 11 is 0. The molecule has 0 N–H and O–H groups in total. The van der Waals surface area contributed by atoms with E-state index in [0.29, 0.717) is 26.2 Å². The minimum Gasteiger partial charge on any atom is -0.465 e. The van der Waals surface area contributed by atoms with Gasteiger partial charge in [-0.05, 0) is 42.2 Å². The quantitative estimate of drug-likeness (QED) is 0.780. The van der Waals surface area contributed by atoms with E-state index in [4.69, 9.17) is 9.47 Å². The molecule has 2 aromatic carbocycles. The Morgan fingerprint density at radius 1 is 1.13 bits per heavy atom. The lowest BCUT2D eigenvalue weighted by Crippen LogP contribution is -2.43. The fourth-order valence-corrected chi connectivity index (χ4v) is 3.37. The summed E-state index contributed by atoms with van der Waals surface area (Å²) in [7, 11) is 0. The van der Waals surface area contributed by atoms with Crippen molar-refractivity contribution < 1.29 is 14.3 Å². The SMILES string of the molecule is CCOCC1(C(=O)OCC)CC=Cc2ccc3ccccc3c21. The molecule has 2 aromatic rings. The zero-order chi connectivity index (χ0) is 16.3. The van der Waals surface area contributed by atoms with E-state index in [2.05, 4.69) is 30.3 Å². The van der Waals surface area contributed by atoms with Crippen LogP contribution in [0.1, 0.15) is 31.4 Å². The Morgan fingerprint density at radius 3 is 2.74 bits per heavy atom. The summed E-state index contributed by atoms with van der Waals surface area (Å²) in [5.74, 6) is -0.199. The van der Waals surface area contributed by atoms with Gasteiger partial charge in [-0.25, -0.2) is 0 Å². The van der Waals surface area contributed by atoms with Crippen LogP contribution in [0.2, 0.25) is 0 Å². The fraction of sp³-hybridized carbons (Fsp3) is 0.350. The molecule has 0 aromatic heterocycles. The summed E-state index contributed by atoms with van der Waals surface area (Å²) in [4.78, 5) is 12.9. The molecule has 1 unspecified atom stereocenters. The number of carbonyl (C=O) groups excluding carboxylic acids is 1. The van der Waals surface area contributed by atoms with Crippen molar-refractivity contribution in [3.05, 3.63) is 53.6 Å². The number of fused-ring (bicyclic) bond motifs is 3. The van der Waals surface area contributed by atoms with Gasteiger partial charge in [0.15, 0.2) is 0 Å². The van der Waals surface area contributed by atoms with Gasteiger partial charge in [0.1, 0.15) is 5.41 Å². The van der Waals surface area contributed by atoms with E-state index in [1.165, 1.54) is 0 Å². The summed E-state index contributed by atoms with van der Waals surface area (Å²) in [6, 6.07) is 12.4. The predicted molar refractivity (Wildman–Crippen MR) is 92.4 cm³/mol. The van der Waals surface area contributed by atoms with Crippen LogP contribution in [0.3, 0.4) is 0 Å². The van der Waals surface area contributed by atoms with Crippen LogP contribution < -0.4 is 0 Å². The first-order valence-corrected chi connectivity index (χ1v) is 8.16. The summed E-state index contributed by atoms with van der Waals surface area (Å²) in [6.07, 6.45) is 4.74. The van der Waals surface area contributed by atoms with Crippen LogP contribution in [0, 0.1) is 0 Å². The molecule has 1 aliphatic carbocycles. The third-order valence-electron chi connectivity index (χ3n) is 4.42. The largest absolute Gasteiger partial charge is 0.465 e. The molecule has 0 radical (unpaired) electrons. The molecular weight excluding hydrogens is 288 g/mol. The molecule has 0 spiro atoms. The maximum absolute atomic E-state index is 12.9. The third kappa shape index (κ3) is 2.66. The van der Waals surface area contributed by atoms with Crippen molar-refractivity contribution in [2.24, 2.45) is 0 Å². The number of rotatable bonds is 5. The minimum absolute atomic E-state index is 0.199. The van der Waals surface area contributed by atoms with Crippen molar-refractivity contribution in [3.63, 3.8) is 0 Å². The van der Waals surface area contributed by atoms with Crippen LogP contribution in [-0.2, 0) is 19.7 Å². The fourth-order valence-electron chi connectivity index (χ4n) is 3.37. The van der Waals surface area contributed by atoms with E-state index >= 15 is 0 Å². The number of ether oxygens (including phenoxy) is 2.